The molecule has 7 nitrogen and oxygen atoms in total. The van der Waals surface area contributed by atoms with Gasteiger partial charge in [-0.2, -0.15) is 0 Å². The zero-order chi connectivity index (χ0) is 18.8. The molecule has 1 fully saturated rings. The lowest BCUT2D eigenvalue weighted by Crippen LogP contribution is -2.52. The lowest BCUT2D eigenvalue weighted by atomic mass is 9.88. The van der Waals surface area contributed by atoms with E-state index in [2.05, 4.69) is 20.6 Å². The second-order valence-electron chi connectivity index (χ2n) is 6.89. The molecule has 0 saturated heterocycles. The number of rotatable bonds is 6. The quantitative estimate of drug-likeness (QED) is 0.839. The van der Waals surface area contributed by atoms with E-state index >= 15 is 0 Å². The molecule has 2 aromatic heterocycles. The van der Waals surface area contributed by atoms with Gasteiger partial charge in [-0.1, -0.05) is 5.16 Å². The fraction of sp³-hybridized carbons (Fsp3) is 0.400. The first kappa shape index (κ1) is 17.6. The minimum Gasteiger partial charge on any atom is -0.473 e. The van der Waals surface area contributed by atoms with Gasteiger partial charge in [0.1, 0.15) is 18.1 Å². The Bertz CT molecular complexity index is 851. The van der Waals surface area contributed by atoms with Gasteiger partial charge in [0, 0.05) is 36.8 Å². The number of pyridine rings is 1. The fourth-order valence-electron chi connectivity index (χ4n) is 3.28. The van der Waals surface area contributed by atoms with Crippen LogP contribution in [-0.2, 0) is 16.1 Å². The summed E-state index contributed by atoms with van der Waals surface area (Å²) in [4.78, 5) is 4.35. The normalized spacial score (nSPS) is 21.4. The number of hydrogen-bond donors (Lipinski definition) is 1. The molecule has 0 unspecified atom stereocenters. The van der Waals surface area contributed by atoms with Gasteiger partial charge in [0.05, 0.1) is 17.7 Å². The molecule has 1 aliphatic heterocycles. The summed E-state index contributed by atoms with van der Waals surface area (Å²) in [5.41, 5.74) is 6.86. The number of aromatic nitrogens is 2. The number of nitrogens with one attached hydrogen (secondary N) is 1. The van der Waals surface area contributed by atoms with Crippen LogP contribution in [0.25, 0.3) is 11.3 Å². The second kappa shape index (κ2) is 7.44. The predicted molar refractivity (Wildman–Crippen MR) is 100 cm³/mol. The maximum absolute atomic E-state index is 6.14. The van der Waals surface area contributed by atoms with Gasteiger partial charge in [-0.25, -0.2) is 0 Å². The van der Waals surface area contributed by atoms with E-state index < -0.39 is 0 Å². The molecule has 0 atom stereocenters. The number of hydrogen-bond acceptors (Lipinski definition) is 7. The third-order valence-electron chi connectivity index (χ3n) is 5.09. The van der Waals surface area contributed by atoms with Gasteiger partial charge in [-0.3, -0.25) is 9.99 Å². The van der Waals surface area contributed by atoms with Crippen LogP contribution < -0.4 is 5.43 Å². The van der Waals surface area contributed by atoms with Crippen LogP contribution >= 0.6 is 0 Å². The highest BCUT2D eigenvalue weighted by Crippen LogP contribution is 2.31. The van der Waals surface area contributed by atoms with Crippen LogP contribution in [0.1, 0.15) is 29.9 Å². The number of allylic oxidation sites excluding steroid dienone is 2. The highest BCUT2D eigenvalue weighted by atomic mass is 16.5. The Morgan fingerprint density at radius 2 is 2.15 bits per heavy atom. The molecular formula is C20H24N4O3. The Kier molecular flexibility index (Phi) is 4.85. The van der Waals surface area contributed by atoms with Gasteiger partial charge in [0.15, 0.2) is 0 Å². The Morgan fingerprint density at radius 3 is 2.89 bits per heavy atom. The summed E-state index contributed by atoms with van der Waals surface area (Å²) in [6.07, 6.45) is 9.89. The third kappa shape index (κ3) is 3.55. The SMILES string of the molecule is COC1CC(N2NC=CC=C2OCc2c(-c3ccc(C)nc3)noc2C)C1. The van der Waals surface area contributed by atoms with E-state index in [9.17, 15) is 0 Å². The summed E-state index contributed by atoms with van der Waals surface area (Å²) in [5, 5.41) is 6.27. The molecule has 3 heterocycles. The van der Waals surface area contributed by atoms with Gasteiger partial charge in [-0.05, 0) is 44.9 Å². The van der Waals surface area contributed by atoms with E-state index in [-0.39, 0.29) is 0 Å². The van der Waals surface area contributed by atoms with Crippen LogP contribution in [0, 0.1) is 13.8 Å². The highest BCUT2D eigenvalue weighted by molar-refractivity contribution is 5.62. The van der Waals surface area contributed by atoms with Crippen molar-refractivity contribution in [1.29, 1.82) is 0 Å². The summed E-state index contributed by atoms with van der Waals surface area (Å²) >= 11 is 0. The zero-order valence-electron chi connectivity index (χ0n) is 15.8. The van der Waals surface area contributed by atoms with Gasteiger partial charge in [0.2, 0.25) is 5.88 Å². The lowest BCUT2D eigenvalue weighted by Gasteiger charge is -2.43. The van der Waals surface area contributed by atoms with Crippen LogP contribution in [0.4, 0.5) is 0 Å². The van der Waals surface area contributed by atoms with E-state index in [0.29, 0.717) is 18.8 Å². The van der Waals surface area contributed by atoms with Gasteiger partial charge < -0.3 is 19.4 Å². The molecule has 0 bridgehead atoms. The van der Waals surface area contributed by atoms with Crippen LogP contribution in [-0.4, -0.2) is 34.4 Å². The molecule has 0 spiro atoms. The van der Waals surface area contributed by atoms with Crippen molar-refractivity contribution in [2.24, 2.45) is 0 Å². The number of methoxy groups -OCH3 is 1. The Labute approximate surface area is 158 Å². The van der Waals surface area contributed by atoms with Crippen molar-refractivity contribution >= 4 is 0 Å². The topological polar surface area (TPSA) is 72.7 Å². The monoisotopic (exact) mass is 368 g/mol. The third-order valence-corrected chi connectivity index (χ3v) is 5.09. The van der Waals surface area contributed by atoms with Crippen LogP contribution in [0.2, 0.25) is 0 Å². The lowest BCUT2D eigenvalue weighted by molar-refractivity contribution is -0.0531. The maximum atomic E-state index is 6.14. The van der Waals surface area contributed by atoms with Crippen LogP contribution in [0.3, 0.4) is 0 Å². The second-order valence-corrected chi connectivity index (χ2v) is 6.89. The first-order valence-corrected chi connectivity index (χ1v) is 9.11. The van der Waals surface area contributed by atoms with E-state index in [4.69, 9.17) is 14.0 Å². The largest absolute Gasteiger partial charge is 0.473 e. The first-order valence-electron chi connectivity index (χ1n) is 9.11. The summed E-state index contributed by atoms with van der Waals surface area (Å²) < 4.78 is 17.0. The minimum atomic E-state index is 0.324. The van der Waals surface area contributed by atoms with E-state index in [1.165, 1.54) is 0 Å². The summed E-state index contributed by atoms with van der Waals surface area (Å²) in [6.45, 7) is 4.23. The molecule has 1 saturated carbocycles. The number of aryl methyl sites for hydroxylation is 2. The standard InChI is InChI=1S/C20H24N4O3/c1-13-6-7-15(11-21-13)20-18(14(2)27-23-20)12-26-19-5-4-8-22-24(19)16-9-17(10-16)25-3/h4-8,11,16-17,22H,9-10,12H2,1-3H3. The molecular weight excluding hydrogens is 344 g/mol. The van der Waals surface area contributed by atoms with E-state index in [1.54, 1.807) is 7.11 Å². The molecule has 1 aliphatic carbocycles. The molecule has 0 amide bonds. The predicted octanol–water partition coefficient (Wildman–Crippen LogP) is 3.22. The average molecular weight is 368 g/mol. The molecule has 4 rings (SSSR count). The Balaban J connectivity index is 1.48. The highest BCUT2D eigenvalue weighted by Gasteiger charge is 2.36. The smallest absolute Gasteiger partial charge is 0.208 e. The molecule has 0 aromatic carbocycles. The maximum Gasteiger partial charge on any atom is 0.208 e. The van der Waals surface area contributed by atoms with Gasteiger partial charge in [0.25, 0.3) is 0 Å². The van der Waals surface area contributed by atoms with Crippen LogP contribution in [0.5, 0.6) is 0 Å². The Hall–Kier alpha value is -2.80. The van der Waals surface area contributed by atoms with Crippen molar-refractivity contribution in [3.05, 3.63) is 59.6 Å². The van der Waals surface area contributed by atoms with E-state index in [1.807, 2.05) is 50.5 Å². The number of nitrogens with zero attached hydrogens (tertiary/aromatic N) is 3. The van der Waals surface area contributed by atoms with Crippen molar-refractivity contribution in [1.82, 2.24) is 20.6 Å². The van der Waals surface area contributed by atoms with Crippen molar-refractivity contribution < 1.29 is 14.0 Å². The van der Waals surface area contributed by atoms with Gasteiger partial charge in [-0.15, -0.1) is 0 Å². The molecule has 27 heavy (non-hydrogen) atoms. The van der Waals surface area contributed by atoms with E-state index in [0.717, 1.165) is 47.0 Å². The number of hydrazine groups is 1. The fourth-order valence-corrected chi connectivity index (χ4v) is 3.28. The molecule has 0 radical (unpaired) electrons. The molecule has 2 aliphatic rings. The zero-order valence-corrected chi connectivity index (χ0v) is 15.8. The number of ether oxygens (including phenoxy) is 2. The van der Waals surface area contributed by atoms with Crippen molar-refractivity contribution in [2.45, 2.75) is 45.4 Å². The first-order chi connectivity index (χ1) is 13.2. The minimum absolute atomic E-state index is 0.324. The molecule has 142 valence electrons. The van der Waals surface area contributed by atoms with Gasteiger partial charge >= 0.3 is 0 Å². The average Bonchev–Trinajstić information content (AvgIpc) is 3.01. The molecule has 2 aromatic rings. The van der Waals surface area contributed by atoms with Crippen molar-refractivity contribution in [2.75, 3.05) is 7.11 Å². The molecule has 7 heteroatoms. The summed E-state index contributed by atoms with van der Waals surface area (Å²) in [6, 6.07) is 4.32. The Morgan fingerprint density at radius 1 is 1.30 bits per heavy atom. The van der Waals surface area contributed by atoms with Crippen molar-refractivity contribution in [3.63, 3.8) is 0 Å². The van der Waals surface area contributed by atoms with Crippen molar-refractivity contribution in [3.8, 4) is 11.3 Å². The summed E-state index contributed by atoms with van der Waals surface area (Å²) in [5.74, 6) is 1.53. The molecule has 1 N–H and O–H groups in total. The summed E-state index contributed by atoms with van der Waals surface area (Å²) in [7, 11) is 1.76. The van der Waals surface area contributed by atoms with Crippen LogP contribution in [0.15, 0.2) is 47.1 Å².